The Hall–Kier alpha value is -2.61. The number of carboxylic acids is 1. The quantitative estimate of drug-likeness (QED) is 0.544. The van der Waals surface area contributed by atoms with E-state index in [1.807, 2.05) is 19.0 Å². The maximum atomic E-state index is 12.1. The van der Waals surface area contributed by atoms with E-state index >= 15 is 0 Å². The lowest BCUT2D eigenvalue weighted by molar-refractivity contribution is -0.141. The fourth-order valence-electron chi connectivity index (χ4n) is 2.37. The summed E-state index contributed by atoms with van der Waals surface area (Å²) in [7, 11) is 3.94. The molecular formula is C18H27N3O5. The Kier molecular flexibility index (Phi) is 9.14. The fraction of sp³-hybridized carbons (Fsp3) is 0.500. The van der Waals surface area contributed by atoms with Crippen LogP contribution in [-0.4, -0.2) is 61.8 Å². The molecule has 0 aliphatic heterocycles. The van der Waals surface area contributed by atoms with Crippen molar-refractivity contribution in [2.75, 3.05) is 33.8 Å². The molecular weight excluding hydrogens is 338 g/mol. The second-order valence-electron chi connectivity index (χ2n) is 6.06. The van der Waals surface area contributed by atoms with Crippen molar-refractivity contribution in [2.24, 2.45) is 0 Å². The lowest BCUT2D eigenvalue weighted by Gasteiger charge is -2.21. The highest BCUT2D eigenvalue weighted by Crippen LogP contribution is 2.19. The number of carbonyl (C=O) groups excluding carboxylic acids is 2. The Morgan fingerprint density at radius 3 is 2.38 bits per heavy atom. The molecule has 1 unspecified atom stereocenters. The summed E-state index contributed by atoms with van der Waals surface area (Å²) in [6.45, 7) is 2.60. The Morgan fingerprint density at radius 1 is 1.19 bits per heavy atom. The molecule has 1 aromatic carbocycles. The number of carboxylic acid groups (broad SMARTS) is 1. The van der Waals surface area contributed by atoms with Crippen molar-refractivity contribution in [1.82, 2.24) is 15.5 Å². The number of aromatic carboxylic acids is 1. The van der Waals surface area contributed by atoms with Crippen LogP contribution < -0.4 is 10.6 Å². The third-order valence-corrected chi connectivity index (χ3v) is 3.66. The van der Waals surface area contributed by atoms with Gasteiger partial charge in [-0.25, -0.2) is 9.59 Å². The van der Waals surface area contributed by atoms with Gasteiger partial charge in [-0.05, 0) is 58.1 Å². The van der Waals surface area contributed by atoms with Gasteiger partial charge in [-0.3, -0.25) is 4.79 Å². The number of benzene rings is 1. The zero-order chi connectivity index (χ0) is 19.5. The van der Waals surface area contributed by atoms with Gasteiger partial charge in [-0.1, -0.05) is 12.1 Å². The van der Waals surface area contributed by atoms with Crippen molar-refractivity contribution >= 4 is 18.0 Å². The van der Waals surface area contributed by atoms with Crippen LogP contribution in [0.25, 0.3) is 0 Å². The molecule has 0 saturated carbocycles. The van der Waals surface area contributed by atoms with Crippen molar-refractivity contribution in [3.63, 3.8) is 0 Å². The molecule has 8 heteroatoms. The maximum Gasteiger partial charge on any atom is 0.335 e. The summed E-state index contributed by atoms with van der Waals surface area (Å²) in [4.78, 5) is 36.4. The van der Waals surface area contributed by atoms with E-state index in [1.54, 1.807) is 19.1 Å². The zero-order valence-corrected chi connectivity index (χ0v) is 15.4. The second kappa shape index (κ2) is 11.1. The molecule has 1 aromatic rings. The topological polar surface area (TPSA) is 108 Å². The number of hydrogen-bond acceptors (Lipinski definition) is 5. The summed E-state index contributed by atoms with van der Waals surface area (Å²) in [5.41, 5.74) is 0.993. The van der Waals surface area contributed by atoms with Crippen LogP contribution in [0.15, 0.2) is 24.3 Å². The standard InChI is InChI=1S/C18H27N3O5/c1-4-26-16(22)12-19-18(25)20-15(6-5-11-21(2)3)13-7-9-14(10-8-13)17(23)24/h7-10,15H,4-6,11-12H2,1-3H3,(H,23,24)(H2,19,20,25). The predicted molar refractivity (Wildman–Crippen MR) is 97.1 cm³/mol. The lowest BCUT2D eigenvalue weighted by atomic mass is 10.0. The van der Waals surface area contributed by atoms with Gasteiger partial charge in [0, 0.05) is 0 Å². The molecule has 8 nitrogen and oxygen atoms in total. The molecule has 26 heavy (non-hydrogen) atoms. The molecule has 1 rings (SSSR count). The summed E-state index contributed by atoms with van der Waals surface area (Å²) >= 11 is 0. The second-order valence-corrected chi connectivity index (χ2v) is 6.06. The van der Waals surface area contributed by atoms with E-state index in [0.29, 0.717) is 6.42 Å². The molecule has 0 fully saturated rings. The van der Waals surface area contributed by atoms with E-state index in [-0.39, 0.29) is 24.8 Å². The minimum Gasteiger partial charge on any atom is -0.478 e. The van der Waals surface area contributed by atoms with Crippen LogP contribution in [0.5, 0.6) is 0 Å². The maximum absolute atomic E-state index is 12.1. The summed E-state index contributed by atoms with van der Waals surface area (Å²) in [5.74, 6) is -1.50. The van der Waals surface area contributed by atoms with Crippen molar-refractivity contribution in [1.29, 1.82) is 0 Å². The van der Waals surface area contributed by atoms with Gasteiger partial charge < -0.3 is 25.4 Å². The van der Waals surface area contributed by atoms with E-state index in [9.17, 15) is 14.4 Å². The molecule has 0 heterocycles. The first-order valence-corrected chi connectivity index (χ1v) is 8.51. The smallest absolute Gasteiger partial charge is 0.335 e. The molecule has 0 bridgehead atoms. The molecule has 3 N–H and O–H groups in total. The van der Waals surface area contributed by atoms with Gasteiger partial charge in [0.25, 0.3) is 0 Å². The Balaban J connectivity index is 2.72. The van der Waals surface area contributed by atoms with Gasteiger partial charge in [0.1, 0.15) is 6.54 Å². The Morgan fingerprint density at radius 2 is 1.85 bits per heavy atom. The number of nitrogens with zero attached hydrogens (tertiary/aromatic N) is 1. The van der Waals surface area contributed by atoms with E-state index in [0.717, 1.165) is 18.5 Å². The minimum atomic E-state index is -0.999. The first-order chi connectivity index (χ1) is 12.3. The molecule has 1 atom stereocenters. The zero-order valence-electron chi connectivity index (χ0n) is 15.4. The molecule has 0 aromatic heterocycles. The van der Waals surface area contributed by atoms with Gasteiger partial charge in [0.15, 0.2) is 0 Å². The third kappa shape index (κ3) is 7.98. The molecule has 0 radical (unpaired) electrons. The summed E-state index contributed by atoms with van der Waals surface area (Å²) < 4.78 is 4.77. The van der Waals surface area contributed by atoms with Gasteiger partial charge >= 0.3 is 18.0 Å². The summed E-state index contributed by atoms with van der Waals surface area (Å²) in [6.07, 6.45) is 1.52. The fourth-order valence-corrected chi connectivity index (χ4v) is 2.37. The molecule has 0 aliphatic carbocycles. The van der Waals surface area contributed by atoms with Gasteiger partial charge in [-0.15, -0.1) is 0 Å². The van der Waals surface area contributed by atoms with E-state index in [4.69, 9.17) is 9.84 Å². The monoisotopic (exact) mass is 365 g/mol. The number of rotatable bonds is 10. The van der Waals surface area contributed by atoms with Crippen molar-refractivity contribution in [3.8, 4) is 0 Å². The minimum absolute atomic E-state index is 0.188. The number of urea groups is 1. The third-order valence-electron chi connectivity index (χ3n) is 3.66. The first-order valence-electron chi connectivity index (χ1n) is 8.51. The van der Waals surface area contributed by atoms with Gasteiger partial charge in [0.2, 0.25) is 0 Å². The molecule has 0 saturated heterocycles. The highest BCUT2D eigenvalue weighted by molar-refractivity contribution is 5.87. The average Bonchev–Trinajstić information content (AvgIpc) is 2.59. The molecule has 0 spiro atoms. The molecule has 144 valence electrons. The van der Waals surface area contributed by atoms with Crippen molar-refractivity contribution in [2.45, 2.75) is 25.8 Å². The van der Waals surface area contributed by atoms with Crippen LogP contribution >= 0.6 is 0 Å². The van der Waals surface area contributed by atoms with E-state index in [2.05, 4.69) is 10.6 Å². The average molecular weight is 365 g/mol. The van der Waals surface area contributed by atoms with Crippen LogP contribution in [0.3, 0.4) is 0 Å². The Labute approximate surface area is 153 Å². The predicted octanol–water partition coefficient (Wildman–Crippen LogP) is 1.63. The number of ether oxygens (including phenoxy) is 1. The van der Waals surface area contributed by atoms with Crippen LogP contribution in [0.4, 0.5) is 4.79 Å². The first kappa shape index (κ1) is 21.4. The van der Waals surface area contributed by atoms with Gasteiger partial charge in [0.05, 0.1) is 18.2 Å². The highest BCUT2D eigenvalue weighted by Gasteiger charge is 2.16. The molecule has 0 aliphatic rings. The molecule has 2 amide bonds. The van der Waals surface area contributed by atoms with Crippen LogP contribution in [0.2, 0.25) is 0 Å². The Bertz CT molecular complexity index is 601. The SMILES string of the molecule is CCOC(=O)CNC(=O)NC(CCCN(C)C)c1ccc(C(=O)O)cc1. The highest BCUT2D eigenvalue weighted by atomic mass is 16.5. The largest absolute Gasteiger partial charge is 0.478 e. The van der Waals surface area contributed by atoms with Crippen LogP contribution in [-0.2, 0) is 9.53 Å². The lowest BCUT2D eigenvalue weighted by Crippen LogP contribution is -2.41. The van der Waals surface area contributed by atoms with E-state index in [1.165, 1.54) is 12.1 Å². The van der Waals surface area contributed by atoms with E-state index < -0.39 is 18.0 Å². The number of carbonyl (C=O) groups is 3. The van der Waals surface area contributed by atoms with Gasteiger partial charge in [-0.2, -0.15) is 0 Å². The van der Waals surface area contributed by atoms with Crippen LogP contribution in [0.1, 0.15) is 41.7 Å². The number of amides is 2. The summed E-state index contributed by atoms with van der Waals surface area (Å²) in [5, 5.41) is 14.3. The van der Waals surface area contributed by atoms with Crippen molar-refractivity contribution in [3.05, 3.63) is 35.4 Å². The number of esters is 1. The summed E-state index contributed by atoms with van der Waals surface area (Å²) in [6, 6.07) is 5.63. The van der Waals surface area contributed by atoms with Crippen molar-refractivity contribution < 1.29 is 24.2 Å². The number of hydrogen-bond donors (Lipinski definition) is 3. The van der Waals surface area contributed by atoms with Crippen LogP contribution in [0, 0.1) is 0 Å². The number of nitrogens with one attached hydrogen (secondary N) is 2. The normalized spacial score (nSPS) is 11.7.